The molecule has 0 aliphatic rings. The number of hydrogen-bond donors (Lipinski definition) is 9. The summed E-state index contributed by atoms with van der Waals surface area (Å²) in [6.45, 7) is -0.806. The van der Waals surface area contributed by atoms with Crippen molar-refractivity contribution >= 4 is 65.6 Å². The van der Waals surface area contributed by atoms with Gasteiger partial charge in [0.2, 0.25) is 13.2 Å². The van der Waals surface area contributed by atoms with Crippen molar-refractivity contribution in [2.75, 3.05) is 33.1 Å². The second kappa shape index (κ2) is 30.7. The molecule has 2 heterocycles. The number of ether oxygens (including phenoxy) is 2. The van der Waals surface area contributed by atoms with E-state index in [4.69, 9.17) is 46.3 Å². The van der Waals surface area contributed by atoms with Gasteiger partial charge in [0, 0.05) is 50.2 Å². The minimum Gasteiger partial charge on any atom is -0.434 e. The number of primary amides is 1. The van der Waals surface area contributed by atoms with Gasteiger partial charge in [-0.3, -0.25) is 32.6 Å². The van der Waals surface area contributed by atoms with Gasteiger partial charge in [0.15, 0.2) is 19.4 Å². The third kappa shape index (κ3) is 20.8. The molecule has 0 bridgehead atoms. The lowest BCUT2D eigenvalue weighted by molar-refractivity contribution is -0.107. The maximum absolute atomic E-state index is 15.0. The van der Waals surface area contributed by atoms with Crippen molar-refractivity contribution < 1.29 is 66.1 Å². The third-order valence-electron chi connectivity index (χ3n) is 7.32. The SMILES string of the molecule is CNc1cc(CCCc2cc(/C=C/C=C(\N)n3ccnc3)c(C(=O)OCOP(O)O)cc2F)c(F)cc1C=O.COCOP(O)O.N/C(C=O)=C\C=C(/N)n1ccnc1.NC=O. The normalized spacial score (nSPS) is 11.5. The van der Waals surface area contributed by atoms with Gasteiger partial charge >= 0.3 is 23.2 Å². The van der Waals surface area contributed by atoms with Gasteiger partial charge in [0.05, 0.1) is 11.3 Å². The number of methoxy groups -OCH3 is 1. The molecule has 2 aromatic carbocycles. The van der Waals surface area contributed by atoms with E-state index in [0.29, 0.717) is 47.4 Å². The number of anilines is 1. The maximum Gasteiger partial charge on any atom is 0.340 e. The smallest absolute Gasteiger partial charge is 0.340 e. The summed E-state index contributed by atoms with van der Waals surface area (Å²) in [5.74, 6) is -1.36. The van der Waals surface area contributed by atoms with Gasteiger partial charge in [-0.1, -0.05) is 12.2 Å². The number of aromatic nitrogens is 4. The second-order valence-electron chi connectivity index (χ2n) is 11.4. The van der Waals surface area contributed by atoms with Crippen molar-refractivity contribution in [2.45, 2.75) is 19.3 Å². The first-order valence-electron chi connectivity index (χ1n) is 17.3. The number of esters is 1. The number of nitrogens with one attached hydrogen (secondary N) is 1. The van der Waals surface area contributed by atoms with Crippen LogP contribution in [0.25, 0.3) is 17.7 Å². The summed E-state index contributed by atoms with van der Waals surface area (Å²) in [5.41, 5.74) is 22.7. The zero-order chi connectivity index (χ0) is 46.5. The van der Waals surface area contributed by atoms with Gasteiger partial charge in [-0.25, -0.2) is 23.5 Å². The Morgan fingerprint density at radius 1 is 0.823 bits per heavy atom. The predicted molar refractivity (Wildman–Crippen MR) is 226 cm³/mol. The molecule has 25 heteroatoms. The molecule has 0 unspecified atom stereocenters. The summed E-state index contributed by atoms with van der Waals surface area (Å²) in [6, 6.07) is 5.19. The first kappa shape index (κ1) is 53.8. The molecule has 0 aliphatic heterocycles. The Morgan fingerprint density at radius 3 is 1.85 bits per heavy atom. The number of rotatable bonds is 19. The zero-order valence-electron chi connectivity index (χ0n) is 33.2. The number of carbonyl (C=O) groups excluding carboxylic acids is 4. The molecule has 4 aromatic rings. The summed E-state index contributed by atoms with van der Waals surface area (Å²) < 4.78 is 50.4. The lowest BCUT2D eigenvalue weighted by Gasteiger charge is -2.12. The van der Waals surface area contributed by atoms with Gasteiger partial charge in [0.1, 0.15) is 35.9 Å². The van der Waals surface area contributed by atoms with Crippen LogP contribution in [0, 0.1) is 11.6 Å². The van der Waals surface area contributed by atoms with Gasteiger partial charge in [-0.2, -0.15) is 0 Å². The monoisotopic (exact) mass is 909 g/mol. The molecule has 0 saturated heterocycles. The molecule has 2 aromatic heterocycles. The van der Waals surface area contributed by atoms with Crippen LogP contribution in [0.4, 0.5) is 14.5 Å². The van der Waals surface area contributed by atoms with Gasteiger partial charge in [-0.15, -0.1) is 0 Å². The van der Waals surface area contributed by atoms with Crippen LogP contribution in [0.15, 0.2) is 91.7 Å². The number of aryl methyl sites for hydroxylation is 2. The molecule has 0 fully saturated rings. The highest BCUT2D eigenvalue weighted by atomic mass is 31.2. The molecule has 4 rings (SSSR count). The predicted octanol–water partition coefficient (Wildman–Crippen LogP) is 2.61. The highest BCUT2D eigenvalue weighted by Gasteiger charge is 2.17. The average Bonchev–Trinajstić information content (AvgIpc) is 4.00. The van der Waals surface area contributed by atoms with E-state index in [1.807, 2.05) is 0 Å². The number of carbonyl (C=O) groups is 4. The highest BCUT2D eigenvalue weighted by molar-refractivity contribution is 7.39. The first-order valence-corrected chi connectivity index (χ1v) is 19.7. The molecule has 336 valence electrons. The summed E-state index contributed by atoms with van der Waals surface area (Å²) in [7, 11) is -1.94. The van der Waals surface area contributed by atoms with E-state index in [2.05, 4.69) is 34.8 Å². The van der Waals surface area contributed by atoms with Crippen molar-refractivity contribution in [1.82, 2.24) is 19.1 Å². The van der Waals surface area contributed by atoms with Crippen LogP contribution in [-0.2, 0) is 41.0 Å². The molecule has 0 saturated carbocycles. The van der Waals surface area contributed by atoms with Crippen LogP contribution in [0.1, 0.15) is 43.8 Å². The molecule has 0 spiro atoms. The lowest BCUT2D eigenvalue weighted by Crippen LogP contribution is -2.11. The number of nitrogens with zero attached hydrogens (tertiary/aromatic N) is 4. The van der Waals surface area contributed by atoms with E-state index in [-0.39, 0.29) is 48.4 Å². The average molecular weight is 910 g/mol. The first-order chi connectivity index (χ1) is 29.6. The van der Waals surface area contributed by atoms with Crippen molar-refractivity contribution in [2.24, 2.45) is 22.9 Å². The van der Waals surface area contributed by atoms with E-state index >= 15 is 0 Å². The summed E-state index contributed by atoms with van der Waals surface area (Å²) in [4.78, 5) is 83.8. The van der Waals surface area contributed by atoms with Gasteiger partial charge in [0.25, 0.3) is 0 Å². The molecule has 21 nitrogen and oxygen atoms in total. The highest BCUT2D eigenvalue weighted by Crippen LogP contribution is 2.26. The van der Waals surface area contributed by atoms with E-state index < -0.39 is 41.6 Å². The van der Waals surface area contributed by atoms with Crippen LogP contribution < -0.4 is 28.3 Å². The van der Waals surface area contributed by atoms with E-state index in [1.54, 1.807) is 65.5 Å². The molecule has 0 aliphatic carbocycles. The van der Waals surface area contributed by atoms with E-state index in [1.165, 1.54) is 37.7 Å². The van der Waals surface area contributed by atoms with Crippen LogP contribution in [-0.4, -0.2) is 91.4 Å². The largest absolute Gasteiger partial charge is 0.434 e. The van der Waals surface area contributed by atoms with Gasteiger partial charge in [-0.05, 0) is 78.4 Å². The number of imidazole rings is 2. The van der Waals surface area contributed by atoms with Crippen LogP contribution >= 0.6 is 17.2 Å². The lowest BCUT2D eigenvalue weighted by atomic mass is 9.97. The Balaban J connectivity index is 0.000000679. The molecule has 1 amide bonds. The van der Waals surface area contributed by atoms with Crippen LogP contribution in [0.5, 0.6) is 0 Å². The number of hydrogen-bond acceptors (Lipinski definition) is 18. The van der Waals surface area contributed by atoms with Crippen molar-refractivity contribution in [1.29, 1.82) is 0 Å². The Hall–Kier alpha value is -6.26. The third-order valence-corrected chi connectivity index (χ3v) is 7.99. The molecular weight excluding hydrogens is 862 g/mol. The topological polar surface area (TPSA) is 338 Å². The fourth-order valence-corrected chi connectivity index (χ4v) is 4.87. The number of nitrogens with two attached hydrogens (primary N) is 4. The van der Waals surface area contributed by atoms with Crippen molar-refractivity contribution in [3.8, 4) is 0 Å². The quantitative estimate of drug-likeness (QED) is 0.0163. The van der Waals surface area contributed by atoms with E-state index in [9.17, 15) is 23.2 Å². The minimum atomic E-state index is -2.73. The number of amides is 1. The number of benzene rings is 2. The standard InChI is InChI=1S/C26H27F2N4O6P.C8H10N4O.C2H7O4P.CH3NO/c1-30-24-12-19(22(27)11-20(24)14-33)6-2-5-18-10-17(4-3-7-25(29)32-9-8-31-15-32)21(13-23(18)28)26(34)37-16-38-39(35)36;9-7(5-13)1-2-8(10)12-4-3-11-6-12;1-5-2-6-7(3)4;2-1-3/h3-4,7-15,30,35-36H,2,5-6,16,29H2,1H3;1-6H,9-10H2;3-4H,2H2,1H3;1H,(H2,2,3)/b4-3+,25-7+;7-1-,8-2+;;. The zero-order valence-corrected chi connectivity index (χ0v) is 35.0. The summed E-state index contributed by atoms with van der Waals surface area (Å²) in [5, 5.41) is 2.85. The minimum absolute atomic E-state index is 0.0707. The number of aldehydes is 2. The Morgan fingerprint density at radius 2 is 1.37 bits per heavy atom. The molecule has 13 N–H and O–H groups in total. The van der Waals surface area contributed by atoms with Crippen LogP contribution in [0.3, 0.4) is 0 Å². The number of halogens is 2. The number of allylic oxidation sites excluding steroid dienone is 5. The Bertz CT molecular complexity index is 2100. The molecular formula is C37H47F2N9O12P2. The van der Waals surface area contributed by atoms with E-state index in [0.717, 1.165) is 12.1 Å². The van der Waals surface area contributed by atoms with Gasteiger partial charge < -0.3 is 57.3 Å². The molecule has 62 heavy (non-hydrogen) atoms. The fourth-order valence-electron chi connectivity index (χ4n) is 4.52. The molecule has 0 radical (unpaired) electrons. The summed E-state index contributed by atoms with van der Waals surface area (Å²) >= 11 is 0. The second-order valence-corrected chi connectivity index (χ2v) is 12.9. The Kier molecular flexibility index (Phi) is 26.6. The fraction of sp³-hybridized carbons (Fsp3) is 0.189. The van der Waals surface area contributed by atoms with Crippen LogP contribution in [0.2, 0.25) is 0 Å². The molecule has 0 atom stereocenters. The maximum atomic E-state index is 15.0. The van der Waals surface area contributed by atoms with Crippen molar-refractivity contribution in [3.05, 3.63) is 131 Å². The Labute approximate surface area is 356 Å². The van der Waals surface area contributed by atoms with Crippen molar-refractivity contribution in [3.63, 3.8) is 0 Å². The summed E-state index contributed by atoms with van der Waals surface area (Å²) in [6.07, 6.45) is 19.4.